The topological polar surface area (TPSA) is 52.0 Å². The molecular formula is C15H20N4O. The van der Waals surface area contributed by atoms with Crippen molar-refractivity contribution in [1.29, 1.82) is 0 Å². The van der Waals surface area contributed by atoms with Crippen LogP contribution in [-0.2, 0) is 11.3 Å². The predicted molar refractivity (Wildman–Crippen MR) is 77.9 cm³/mol. The molecule has 20 heavy (non-hydrogen) atoms. The van der Waals surface area contributed by atoms with E-state index in [0.29, 0.717) is 5.92 Å². The van der Waals surface area contributed by atoms with Crippen molar-refractivity contribution in [2.45, 2.75) is 25.8 Å². The third-order valence-corrected chi connectivity index (χ3v) is 3.73. The molecule has 106 valence electrons. The Hall–Kier alpha value is -1.88. The van der Waals surface area contributed by atoms with E-state index in [9.17, 15) is 0 Å². The fourth-order valence-corrected chi connectivity index (χ4v) is 2.59. The van der Waals surface area contributed by atoms with Crippen LogP contribution in [0.4, 0.5) is 5.69 Å². The van der Waals surface area contributed by atoms with Crippen molar-refractivity contribution in [3.63, 3.8) is 0 Å². The van der Waals surface area contributed by atoms with Gasteiger partial charge in [0.25, 0.3) is 0 Å². The van der Waals surface area contributed by atoms with Crippen LogP contribution in [0.5, 0.6) is 0 Å². The van der Waals surface area contributed by atoms with E-state index in [1.54, 1.807) is 0 Å². The normalized spacial score (nSPS) is 18.4. The first-order chi connectivity index (χ1) is 9.84. The Bertz CT molecular complexity index is 561. The van der Waals surface area contributed by atoms with Gasteiger partial charge in [-0.25, -0.2) is 4.98 Å². The average molecular weight is 272 g/mol. The van der Waals surface area contributed by atoms with Crippen LogP contribution in [0, 0.1) is 6.92 Å². The predicted octanol–water partition coefficient (Wildman–Crippen LogP) is 2.20. The lowest BCUT2D eigenvalue weighted by Crippen LogP contribution is -2.15. The SMILES string of the molecule is Cc1cnccc1NCCn1ccnc1[C@@H]1CCOC1. The minimum Gasteiger partial charge on any atom is -0.383 e. The molecule has 1 saturated heterocycles. The molecule has 5 nitrogen and oxygen atoms in total. The van der Waals surface area contributed by atoms with Crippen LogP contribution in [0.15, 0.2) is 30.9 Å². The van der Waals surface area contributed by atoms with Gasteiger partial charge in [0.15, 0.2) is 0 Å². The lowest BCUT2D eigenvalue weighted by molar-refractivity contribution is 0.192. The van der Waals surface area contributed by atoms with Crippen LogP contribution >= 0.6 is 0 Å². The van der Waals surface area contributed by atoms with Gasteiger partial charge in [-0.15, -0.1) is 0 Å². The van der Waals surface area contributed by atoms with E-state index < -0.39 is 0 Å². The van der Waals surface area contributed by atoms with E-state index in [4.69, 9.17) is 4.74 Å². The summed E-state index contributed by atoms with van der Waals surface area (Å²) >= 11 is 0. The molecule has 3 rings (SSSR count). The summed E-state index contributed by atoms with van der Waals surface area (Å²) in [6.07, 6.45) is 8.70. The summed E-state index contributed by atoms with van der Waals surface area (Å²) in [5.74, 6) is 1.60. The quantitative estimate of drug-likeness (QED) is 0.906. The highest BCUT2D eigenvalue weighted by Crippen LogP contribution is 2.23. The zero-order valence-corrected chi connectivity index (χ0v) is 11.7. The van der Waals surface area contributed by atoms with Gasteiger partial charge in [-0.1, -0.05) is 0 Å². The molecule has 5 heteroatoms. The molecule has 1 aliphatic rings. The number of hydrogen-bond donors (Lipinski definition) is 1. The number of pyridine rings is 1. The number of rotatable bonds is 5. The number of aromatic nitrogens is 3. The molecule has 0 aromatic carbocycles. The van der Waals surface area contributed by atoms with Crippen molar-refractivity contribution < 1.29 is 4.74 Å². The van der Waals surface area contributed by atoms with Gasteiger partial charge >= 0.3 is 0 Å². The van der Waals surface area contributed by atoms with Crippen molar-refractivity contribution in [2.75, 3.05) is 25.1 Å². The molecular weight excluding hydrogens is 252 g/mol. The molecule has 0 unspecified atom stereocenters. The number of aryl methyl sites for hydroxylation is 1. The molecule has 0 radical (unpaired) electrons. The maximum absolute atomic E-state index is 5.45. The van der Waals surface area contributed by atoms with Crippen LogP contribution in [0.2, 0.25) is 0 Å². The van der Waals surface area contributed by atoms with Gasteiger partial charge in [-0.2, -0.15) is 0 Å². The fraction of sp³-hybridized carbons (Fsp3) is 0.467. The maximum atomic E-state index is 5.45. The number of imidazole rings is 1. The van der Waals surface area contributed by atoms with Crippen molar-refractivity contribution in [3.05, 3.63) is 42.2 Å². The van der Waals surface area contributed by atoms with E-state index in [1.165, 1.54) is 5.56 Å². The number of hydrogen-bond acceptors (Lipinski definition) is 4. The summed E-state index contributed by atoms with van der Waals surface area (Å²) in [6, 6.07) is 2.01. The zero-order chi connectivity index (χ0) is 13.8. The largest absolute Gasteiger partial charge is 0.383 e. The van der Waals surface area contributed by atoms with E-state index >= 15 is 0 Å². The smallest absolute Gasteiger partial charge is 0.114 e. The molecule has 0 spiro atoms. The summed E-state index contributed by atoms with van der Waals surface area (Å²) in [5, 5.41) is 3.45. The molecule has 0 amide bonds. The highest BCUT2D eigenvalue weighted by molar-refractivity contribution is 5.48. The van der Waals surface area contributed by atoms with Crippen LogP contribution < -0.4 is 5.32 Å². The first-order valence-electron chi connectivity index (χ1n) is 7.08. The number of nitrogens with zero attached hydrogens (tertiary/aromatic N) is 3. The second-order valence-electron chi connectivity index (χ2n) is 5.16. The molecule has 1 N–H and O–H groups in total. The van der Waals surface area contributed by atoms with E-state index in [0.717, 1.165) is 44.2 Å². The number of anilines is 1. The second kappa shape index (κ2) is 6.05. The van der Waals surface area contributed by atoms with Crippen molar-refractivity contribution in [1.82, 2.24) is 14.5 Å². The van der Waals surface area contributed by atoms with Crippen molar-refractivity contribution >= 4 is 5.69 Å². The first kappa shape index (κ1) is 13.1. The van der Waals surface area contributed by atoms with E-state index in [1.807, 2.05) is 24.7 Å². The molecule has 2 aromatic heterocycles. The standard InChI is InChI=1S/C15H20N4O/c1-12-10-16-4-2-14(12)17-5-7-19-8-6-18-15(19)13-3-9-20-11-13/h2,4,6,8,10,13H,3,5,7,9,11H2,1H3,(H,16,17)/t13-/m1/s1. The Morgan fingerprint density at radius 1 is 1.45 bits per heavy atom. The Labute approximate surface area is 119 Å². The van der Waals surface area contributed by atoms with Crippen LogP contribution in [0.3, 0.4) is 0 Å². The molecule has 1 fully saturated rings. The zero-order valence-electron chi connectivity index (χ0n) is 11.7. The van der Waals surface area contributed by atoms with Crippen molar-refractivity contribution in [2.24, 2.45) is 0 Å². The molecule has 0 aliphatic carbocycles. The molecule has 1 atom stereocenters. The summed E-state index contributed by atoms with van der Waals surface area (Å²) in [7, 11) is 0. The summed E-state index contributed by atoms with van der Waals surface area (Å²) in [6.45, 7) is 5.50. The van der Waals surface area contributed by atoms with Gasteiger partial charge in [-0.05, 0) is 25.0 Å². The first-order valence-corrected chi connectivity index (χ1v) is 7.08. The number of nitrogens with one attached hydrogen (secondary N) is 1. The molecule has 3 heterocycles. The van der Waals surface area contributed by atoms with E-state index in [-0.39, 0.29) is 0 Å². The molecule has 1 aliphatic heterocycles. The van der Waals surface area contributed by atoms with Gasteiger partial charge in [0.1, 0.15) is 5.82 Å². The fourth-order valence-electron chi connectivity index (χ4n) is 2.59. The third-order valence-electron chi connectivity index (χ3n) is 3.73. The Morgan fingerprint density at radius 2 is 2.40 bits per heavy atom. The Balaban J connectivity index is 1.59. The second-order valence-corrected chi connectivity index (χ2v) is 5.16. The Morgan fingerprint density at radius 3 is 3.20 bits per heavy atom. The lowest BCUT2D eigenvalue weighted by atomic mass is 10.1. The summed E-state index contributed by atoms with van der Waals surface area (Å²) in [5.41, 5.74) is 2.31. The van der Waals surface area contributed by atoms with Crippen LogP contribution in [0.1, 0.15) is 23.7 Å². The third kappa shape index (κ3) is 2.82. The van der Waals surface area contributed by atoms with Gasteiger partial charge in [0, 0.05) is 56.1 Å². The van der Waals surface area contributed by atoms with Gasteiger partial charge in [0.2, 0.25) is 0 Å². The van der Waals surface area contributed by atoms with Gasteiger partial charge < -0.3 is 14.6 Å². The van der Waals surface area contributed by atoms with Gasteiger partial charge in [-0.3, -0.25) is 4.98 Å². The Kier molecular flexibility index (Phi) is 3.97. The number of ether oxygens (including phenoxy) is 1. The lowest BCUT2D eigenvalue weighted by Gasteiger charge is -2.13. The molecule has 0 saturated carbocycles. The maximum Gasteiger partial charge on any atom is 0.114 e. The minimum atomic E-state index is 0.452. The van der Waals surface area contributed by atoms with Crippen LogP contribution in [0.25, 0.3) is 0 Å². The van der Waals surface area contributed by atoms with E-state index in [2.05, 4.69) is 33.0 Å². The monoisotopic (exact) mass is 272 g/mol. The summed E-state index contributed by atoms with van der Waals surface area (Å²) in [4.78, 5) is 8.59. The minimum absolute atomic E-state index is 0.452. The van der Waals surface area contributed by atoms with Crippen LogP contribution in [-0.4, -0.2) is 34.3 Å². The van der Waals surface area contributed by atoms with Gasteiger partial charge in [0.05, 0.1) is 6.61 Å². The highest BCUT2D eigenvalue weighted by atomic mass is 16.5. The average Bonchev–Trinajstić information content (AvgIpc) is 3.11. The van der Waals surface area contributed by atoms with Crippen molar-refractivity contribution in [3.8, 4) is 0 Å². The summed E-state index contributed by atoms with van der Waals surface area (Å²) < 4.78 is 7.67. The highest BCUT2D eigenvalue weighted by Gasteiger charge is 2.21. The molecule has 0 bridgehead atoms. The molecule has 2 aromatic rings.